The van der Waals surface area contributed by atoms with Gasteiger partial charge < -0.3 is 15.0 Å². The monoisotopic (exact) mass is 415 g/mol. The van der Waals surface area contributed by atoms with Crippen LogP contribution in [0.15, 0.2) is 18.2 Å². The number of carbonyl (C=O) groups excluding carboxylic acids is 4. The van der Waals surface area contributed by atoms with Gasteiger partial charge in [-0.3, -0.25) is 24.1 Å². The minimum Gasteiger partial charge on any atom is -0.385 e. The molecule has 0 saturated carbocycles. The zero-order chi connectivity index (χ0) is 21.7. The molecule has 1 saturated heterocycles. The first-order valence-electron chi connectivity index (χ1n) is 10.5. The molecule has 8 nitrogen and oxygen atoms in total. The predicted octanol–water partition coefficient (Wildman–Crippen LogP) is 1.84. The molecule has 162 valence electrons. The van der Waals surface area contributed by atoms with Crippen LogP contribution in [-0.4, -0.2) is 72.8 Å². The number of amides is 4. The van der Waals surface area contributed by atoms with Crippen molar-refractivity contribution in [3.8, 4) is 0 Å². The molecule has 0 unspecified atom stereocenters. The molecule has 0 bridgehead atoms. The van der Waals surface area contributed by atoms with E-state index in [1.54, 1.807) is 24.1 Å². The Hall–Kier alpha value is -2.74. The maximum Gasteiger partial charge on any atom is 0.261 e. The van der Waals surface area contributed by atoms with Crippen LogP contribution in [-0.2, 0) is 9.53 Å². The van der Waals surface area contributed by atoms with Crippen LogP contribution in [0.1, 0.15) is 70.1 Å². The Morgan fingerprint density at radius 3 is 2.50 bits per heavy atom. The highest BCUT2D eigenvalue weighted by Gasteiger charge is 2.36. The van der Waals surface area contributed by atoms with Gasteiger partial charge in [0.2, 0.25) is 5.91 Å². The number of likely N-dealkylation sites (tertiary alicyclic amines) is 1. The van der Waals surface area contributed by atoms with Crippen molar-refractivity contribution >= 4 is 23.6 Å². The number of piperidine rings is 1. The lowest BCUT2D eigenvalue weighted by molar-refractivity contribution is -0.122. The second-order valence-corrected chi connectivity index (χ2v) is 7.75. The van der Waals surface area contributed by atoms with Crippen molar-refractivity contribution in [2.45, 2.75) is 45.1 Å². The summed E-state index contributed by atoms with van der Waals surface area (Å²) in [4.78, 5) is 52.8. The van der Waals surface area contributed by atoms with Crippen molar-refractivity contribution in [1.29, 1.82) is 0 Å². The van der Waals surface area contributed by atoms with Crippen molar-refractivity contribution in [2.24, 2.45) is 0 Å². The number of benzene rings is 1. The molecule has 2 heterocycles. The smallest absolute Gasteiger partial charge is 0.261 e. The Labute approximate surface area is 176 Å². The first kappa shape index (κ1) is 22.0. The van der Waals surface area contributed by atoms with Gasteiger partial charge in [0.1, 0.15) is 0 Å². The van der Waals surface area contributed by atoms with E-state index >= 15 is 0 Å². The van der Waals surface area contributed by atoms with Crippen LogP contribution in [0.3, 0.4) is 0 Å². The molecule has 1 aromatic carbocycles. The largest absolute Gasteiger partial charge is 0.385 e. The summed E-state index contributed by atoms with van der Waals surface area (Å²) in [6, 6.07) is 4.80. The molecule has 3 rings (SSSR count). The van der Waals surface area contributed by atoms with Gasteiger partial charge in [0.15, 0.2) is 0 Å². The number of hydrogen-bond donors (Lipinski definition) is 1. The second-order valence-electron chi connectivity index (χ2n) is 7.75. The van der Waals surface area contributed by atoms with E-state index in [1.165, 1.54) is 11.0 Å². The Morgan fingerprint density at radius 1 is 1.13 bits per heavy atom. The number of rotatable bonds is 8. The SMILES string of the molecule is CCCC(=O)NC1CCN(C(=O)c2ccc3c(c2)C(=O)N(CCCOC)C3=O)CC1. The normalized spacial score (nSPS) is 16.7. The predicted molar refractivity (Wildman–Crippen MR) is 110 cm³/mol. The van der Waals surface area contributed by atoms with Crippen LogP contribution in [0.4, 0.5) is 0 Å². The molecule has 8 heteroatoms. The van der Waals surface area contributed by atoms with Crippen LogP contribution in [0.5, 0.6) is 0 Å². The third-order valence-electron chi connectivity index (χ3n) is 5.57. The van der Waals surface area contributed by atoms with E-state index in [1.807, 2.05) is 6.92 Å². The third kappa shape index (κ3) is 4.70. The molecule has 30 heavy (non-hydrogen) atoms. The fourth-order valence-corrected chi connectivity index (χ4v) is 3.93. The van der Waals surface area contributed by atoms with E-state index in [2.05, 4.69) is 5.32 Å². The first-order valence-corrected chi connectivity index (χ1v) is 10.5. The Balaban J connectivity index is 1.62. The van der Waals surface area contributed by atoms with Gasteiger partial charge in [-0.1, -0.05) is 6.92 Å². The topological polar surface area (TPSA) is 96.0 Å². The van der Waals surface area contributed by atoms with Crippen molar-refractivity contribution in [3.63, 3.8) is 0 Å². The summed E-state index contributed by atoms with van der Waals surface area (Å²) >= 11 is 0. The average Bonchev–Trinajstić information content (AvgIpc) is 2.98. The molecule has 1 N–H and O–H groups in total. The van der Waals surface area contributed by atoms with E-state index in [-0.39, 0.29) is 35.2 Å². The molecule has 0 radical (unpaired) electrons. The summed E-state index contributed by atoms with van der Waals surface area (Å²) in [6.45, 7) is 3.81. The third-order valence-corrected chi connectivity index (χ3v) is 5.57. The minimum atomic E-state index is -0.363. The molecule has 2 aliphatic heterocycles. The summed E-state index contributed by atoms with van der Waals surface area (Å²) in [5.74, 6) is -0.791. The lowest BCUT2D eigenvalue weighted by atomic mass is 10.0. The lowest BCUT2D eigenvalue weighted by Gasteiger charge is -2.32. The fraction of sp³-hybridized carbons (Fsp3) is 0.545. The number of fused-ring (bicyclic) bond motifs is 1. The molecule has 1 aromatic rings. The second kappa shape index (κ2) is 9.84. The number of nitrogens with one attached hydrogen (secondary N) is 1. The van der Waals surface area contributed by atoms with Gasteiger partial charge in [-0.05, 0) is 43.9 Å². The van der Waals surface area contributed by atoms with E-state index in [0.717, 1.165) is 6.42 Å². The molecule has 1 fully saturated rings. The maximum atomic E-state index is 12.9. The van der Waals surface area contributed by atoms with Gasteiger partial charge >= 0.3 is 0 Å². The van der Waals surface area contributed by atoms with Crippen LogP contribution < -0.4 is 5.32 Å². The van der Waals surface area contributed by atoms with Gasteiger partial charge in [-0.2, -0.15) is 0 Å². The number of hydrogen-bond acceptors (Lipinski definition) is 5. The zero-order valence-corrected chi connectivity index (χ0v) is 17.6. The van der Waals surface area contributed by atoms with Gasteiger partial charge in [0.05, 0.1) is 11.1 Å². The van der Waals surface area contributed by atoms with Gasteiger partial charge in [-0.15, -0.1) is 0 Å². The highest BCUT2D eigenvalue weighted by molar-refractivity contribution is 6.22. The van der Waals surface area contributed by atoms with E-state index in [0.29, 0.717) is 63.1 Å². The summed E-state index contributed by atoms with van der Waals surface area (Å²) in [5, 5.41) is 3.02. The molecule has 2 aliphatic rings. The number of carbonyl (C=O) groups is 4. The van der Waals surface area contributed by atoms with E-state index < -0.39 is 0 Å². The Bertz CT molecular complexity index is 830. The number of methoxy groups -OCH3 is 1. The van der Waals surface area contributed by atoms with Crippen molar-refractivity contribution in [1.82, 2.24) is 15.1 Å². The lowest BCUT2D eigenvalue weighted by Crippen LogP contribution is -2.46. The van der Waals surface area contributed by atoms with E-state index in [4.69, 9.17) is 4.74 Å². The Morgan fingerprint density at radius 2 is 1.83 bits per heavy atom. The molecule has 0 spiro atoms. The van der Waals surface area contributed by atoms with Crippen LogP contribution >= 0.6 is 0 Å². The molecule has 0 atom stereocenters. The van der Waals surface area contributed by atoms with Crippen molar-refractivity contribution < 1.29 is 23.9 Å². The van der Waals surface area contributed by atoms with Gasteiger partial charge in [0, 0.05) is 51.4 Å². The van der Waals surface area contributed by atoms with Gasteiger partial charge in [-0.25, -0.2) is 0 Å². The number of ether oxygens (including phenoxy) is 1. The number of imide groups is 1. The Kier molecular flexibility index (Phi) is 7.20. The molecular weight excluding hydrogens is 386 g/mol. The van der Waals surface area contributed by atoms with Crippen LogP contribution in [0.2, 0.25) is 0 Å². The highest BCUT2D eigenvalue weighted by Crippen LogP contribution is 2.25. The number of nitrogens with zero attached hydrogens (tertiary/aromatic N) is 2. The average molecular weight is 415 g/mol. The highest BCUT2D eigenvalue weighted by atomic mass is 16.5. The summed E-state index contributed by atoms with van der Waals surface area (Å²) in [6.07, 6.45) is 3.31. The molecule has 0 aromatic heterocycles. The van der Waals surface area contributed by atoms with Crippen molar-refractivity contribution in [3.05, 3.63) is 34.9 Å². The van der Waals surface area contributed by atoms with E-state index in [9.17, 15) is 19.2 Å². The molecular formula is C22H29N3O5. The molecule has 0 aliphatic carbocycles. The van der Waals surface area contributed by atoms with Crippen LogP contribution in [0, 0.1) is 0 Å². The van der Waals surface area contributed by atoms with Gasteiger partial charge in [0.25, 0.3) is 17.7 Å². The van der Waals surface area contributed by atoms with Crippen molar-refractivity contribution in [2.75, 3.05) is 33.4 Å². The minimum absolute atomic E-state index is 0.0548. The maximum absolute atomic E-state index is 12.9. The molecule has 4 amide bonds. The first-order chi connectivity index (χ1) is 14.5. The zero-order valence-electron chi connectivity index (χ0n) is 17.6. The standard InChI is InChI=1S/C22H29N3O5/c1-3-5-19(26)23-16-8-11-24(12-9-16)20(27)15-6-7-17-18(14-15)22(29)25(21(17)28)10-4-13-30-2/h6-7,14,16H,3-5,8-13H2,1-2H3,(H,23,26). The summed E-state index contributed by atoms with van der Waals surface area (Å²) in [5.41, 5.74) is 1.03. The quantitative estimate of drug-likeness (QED) is 0.516. The summed E-state index contributed by atoms with van der Waals surface area (Å²) in [7, 11) is 1.57. The fourth-order valence-electron chi connectivity index (χ4n) is 3.93. The van der Waals surface area contributed by atoms with Crippen LogP contribution in [0.25, 0.3) is 0 Å². The summed E-state index contributed by atoms with van der Waals surface area (Å²) < 4.78 is 4.99.